The first-order valence-electron chi connectivity index (χ1n) is 19.1. The van der Waals surface area contributed by atoms with Crippen LogP contribution >= 0.6 is 0 Å². The monoisotopic (exact) mass is 606 g/mol. The standard InChI is InChI=1S/C39H75NO3/c1-3-5-7-9-11-13-15-17-18-19-20-21-23-25-27-29-31-33-35-39(43)40-37(36-41)38(42)34-32-30-28-26-24-22-16-14-12-10-8-6-4-2/h24,26,32,34,37-38,41-42H,3-23,25,27-31,33,35-36H2,1-2H3,(H,40,43)/b26-24+,34-32+/t37-,38+/m0/s1. The first-order valence-corrected chi connectivity index (χ1v) is 19.1. The van der Waals surface area contributed by atoms with Crippen LogP contribution in [0.1, 0.15) is 200 Å². The molecule has 4 heteroatoms. The highest BCUT2D eigenvalue weighted by Crippen LogP contribution is 2.15. The Balaban J connectivity index is 3.60. The van der Waals surface area contributed by atoms with E-state index >= 15 is 0 Å². The van der Waals surface area contributed by atoms with E-state index in [1.54, 1.807) is 6.08 Å². The van der Waals surface area contributed by atoms with Gasteiger partial charge in [0.15, 0.2) is 0 Å². The molecule has 0 heterocycles. The van der Waals surface area contributed by atoms with E-state index in [0.717, 1.165) is 32.1 Å². The Kier molecular flexibility index (Phi) is 34.4. The molecule has 0 aromatic rings. The molecule has 0 rings (SSSR count). The van der Waals surface area contributed by atoms with Crippen LogP contribution in [0.4, 0.5) is 0 Å². The van der Waals surface area contributed by atoms with Crippen molar-refractivity contribution in [2.75, 3.05) is 6.61 Å². The highest BCUT2D eigenvalue weighted by molar-refractivity contribution is 5.76. The number of hydrogen-bond donors (Lipinski definition) is 3. The second kappa shape index (κ2) is 35.4. The summed E-state index contributed by atoms with van der Waals surface area (Å²) in [5.74, 6) is -0.0729. The van der Waals surface area contributed by atoms with Crippen LogP contribution in [-0.4, -0.2) is 34.9 Å². The molecule has 0 aliphatic rings. The van der Waals surface area contributed by atoms with E-state index < -0.39 is 12.1 Å². The van der Waals surface area contributed by atoms with Crippen molar-refractivity contribution in [1.82, 2.24) is 5.32 Å². The second-order valence-corrected chi connectivity index (χ2v) is 13.0. The molecule has 0 aromatic heterocycles. The molecule has 0 aliphatic carbocycles. The zero-order valence-corrected chi connectivity index (χ0v) is 29.0. The minimum atomic E-state index is -0.856. The normalized spacial score (nSPS) is 13.3. The van der Waals surface area contributed by atoms with Crippen molar-refractivity contribution in [1.29, 1.82) is 0 Å². The zero-order chi connectivity index (χ0) is 31.5. The number of rotatable bonds is 34. The Morgan fingerprint density at radius 1 is 0.535 bits per heavy atom. The number of allylic oxidation sites excluding steroid dienone is 3. The number of aliphatic hydroxyl groups excluding tert-OH is 2. The van der Waals surface area contributed by atoms with Gasteiger partial charge in [0.05, 0.1) is 18.8 Å². The van der Waals surface area contributed by atoms with E-state index in [4.69, 9.17) is 0 Å². The smallest absolute Gasteiger partial charge is 0.220 e. The second-order valence-electron chi connectivity index (χ2n) is 13.0. The van der Waals surface area contributed by atoms with Crippen molar-refractivity contribution in [2.45, 2.75) is 212 Å². The molecule has 0 saturated heterocycles. The lowest BCUT2D eigenvalue weighted by molar-refractivity contribution is -0.123. The number of amides is 1. The molecule has 0 unspecified atom stereocenters. The molecule has 0 aromatic carbocycles. The van der Waals surface area contributed by atoms with Gasteiger partial charge in [-0.3, -0.25) is 4.79 Å². The number of aliphatic hydroxyl groups is 2. The van der Waals surface area contributed by atoms with E-state index in [1.165, 1.54) is 148 Å². The maximum atomic E-state index is 12.3. The van der Waals surface area contributed by atoms with Gasteiger partial charge in [-0.15, -0.1) is 0 Å². The van der Waals surface area contributed by atoms with Crippen LogP contribution in [0.25, 0.3) is 0 Å². The van der Waals surface area contributed by atoms with Crippen LogP contribution in [0, 0.1) is 0 Å². The molecular weight excluding hydrogens is 530 g/mol. The Bertz CT molecular complexity index is 618. The molecule has 0 saturated carbocycles. The third-order valence-electron chi connectivity index (χ3n) is 8.69. The van der Waals surface area contributed by atoms with Crippen LogP contribution in [0.3, 0.4) is 0 Å². The number of hydrogen-bond acceptors (Lipinski definition) is 3. The molecule has 0 radical (unpaired) electrons. The lowest BCUT2D eigenvalue weighted by atomic mass is 10.0. The molecule has 0 spiro atoms. The van der Waals surface area contributed by atoms with Gasteiger partial charge < -0.3 is 15.5 Å². The van der Waals surface area contributed by atoms with Gasteiger partial charge in [0.1, 0.15) is 0 Å². The average Bonchev–Trinajstić information content (AvgIpc) is 3.01. The Morgan fingerprint density at radius 2 is 0.907 bits per heavy atom. The van der Waals surface area contributed by atoms with Gasteiger partial charge in [0, 0.05) is 6.42 Å². The third-order valence-corrected chi connectivity index (χ3v) is 8.69. The van der Waals surface area contributed by atoms with Crippen LogP contribution in [0.5, 0.6) is 0 Å². The summed E-state index contributed by atoms with van der Waals surface area (Å²) in [5, 5.41) is 22.9. The van der Waals surface area contributed by atoms with Gasteiger partial charge in [-0.25, -0.2) is 0 Å². The summed E-state index contributed by atoms with van der Waals surface area (Å²) >= 11 is 0. The highest BCUT2D eigenvalue weighted by Gasteiger charge is 2.17. The first-order chi connectivity index (χ1) is 21.2. The van der Waals surface area contributed by atoms with Crippen LogP contribution in [0.15, 0.2) is 24.3 Å². The Morgan fingerprint density at radius 3 is 1.35 bits per heavy atom. The summed E-state index contributed by atoms with van der Waals surface area (Å²) < 4.78 is 0. The minimum absolute atomic E-state index is 0.0729. The van der Waals surface area contributed by atoms with Gasteiger partial charge in [0.2, 0.25) is 5.91 Å². The van der Waals surface area contributed by atoms with Gasteiger partial charge in [0.25, 0.3) is 0 Å². The first kappa shape index (κ1) is 41.9. The van der Waals surface area contributed by atoms with Crippen LogP contribution in [0.2, 0.25) is 0 Å². The summed E-state index contributed by atoms with van der Waals surface area (Å²) in [6.45, 7) is 4.28. The molecular formula is C39H75NO3. The molecule has 254 valence electrons. The molecule has 4 nitrogen and oxygen atoms in total. The summed E-state index contributed by atoms with van der Waals surface area (Å²) in [7, 11) is 0. The van der Waals surface area contributed by atoms with E-state index in [0.29, 0.717) is 6.42 Å². The quantitative estimate of drug-likeness (QED) is 0.0505. The van der Waals surface area contributed by atoms with Gasteiger partial charge in [-0.1, -0.05) is 186 Å². The third kappa shape index (κ3) is 32.1. The van der Waals surface area contributed by atoms with Crippen molar-refractivity contribution in [2.24, 2.45) is 0 Å². The van der Waals surface area contributed by atoms with Crippen LogP contribution in [-0.2, 0) is 4.79 Å². The molecule has 1 amide bonds. The van der Waals surface area contributed by atoms with Crippen molar-refractivity contribution < 1.29 is 15.0 Å². The van der Waals surface area contributed by atoms with E-state index in [9.17, 15) is 15.0 Å². The molecule has 2 atom stereocenters. The van der Waals surface area contributed by atoms with E-state index in [2.05, 4.69) is 31.3 Å². The highest BCUT2D eigenvalue weighted by atomic mass is 16.3. The van der Waals surface area contributed by atoms with Gasteiger partial charge in [-0.2, -0.15) is 0 Å². The summed E-state index contributed by atoms with van der Waals surface area (Å²) in [6, 6.07) is -0.632. The summed E-state index contributed by atoms with van der Waals surface area (Å²) in [4.78, 5) is 12.3. The summed E-state index contributed by atoms with van der Waals surface area (Å²) in [6.07, 6.45) is 44.1. The van der Waals surface area contributed by atoms with Gasteiger partial charge >= 0.3 is 0 Å². The molecule has 0 aliphatic heterocycles. The van der Waals surface area contributed by atoms with E-state index in [-0.39, 0.29) is 12.5 Å². The zero-order valence-electron chi connectivity index (χ0n) is 29.0. The molecule has 3 N–H and O–H groups in total. The molecule has 0 fully saturated rings. The molecule has 0 bridgehead atoms. The van der Waals surface area contributed by atoms with Crippen LogP contribution < -0.4 is 5.32 Å². The van der Waals surface area contributed by atoms with Gasteiger partial charge in [-0.05, 0) is 32.1 Å². The SMILES string of the molecule is CCCCCCCCC/C=C/CC/C=C/[C@@H](O)[C@H](CO)NC(=O)CCCCCCCCCCCCCCCCCCCC. The summed E-state index contributed by atoms with van der Waals surface area (Å²) in [5.41, 5.74) is 0. The maximum absolute atomic E-state index is 12.3. The number of unbranched alkanes of at least 4 members (excludes halogenated alkanes) is 25. The van der Waals surface area contributed by atoms with Crippen molar-refractivity contribution >= 4 is 5.91 Å². The maximum Gasteiger partial charge on any atom is 0.220 e. The Labute approximate surface area is 269 Å². The Hall–Kier alpha value is -1.13. The lowest BCUT2D eigenvalue weighted by Crippen LogP contribution is -2.45. The van der Waals surface area contributed by atoms with Crippen molar-refractivity contribution in [3.8, 4) is 0 Å². The predicted octanol–water partition coefficient (Wildman–Crippen LogP) is 11.3. The fourth-order valence-corrected chi connectivity index (χ4v) is 5.72. The van der Waals surface area contributed by atoms with Crippen molar-refractivity contribution in [3.05, 3.63) is 24.3 Å². The predicted molar refractivity (Wildman–Crippen MR) is 189 cm³/mol. The van der Waals surface area contributed by atoms with Crippen molar-refractivity contribution in [3.63, 3.8) is 0 Å². The van der Waals surface area contributed by atoms with E-state index in [1.807, 2.05) is 6.08 Å². The fourth-order valence-electron chi connectivity index (χ4n) is 5.72. The number of nitrogens with one attached hydrogen (secondary N) is 1. The number of carbonyl (C=O) groups is 1. The average molecular weight is 606 g/mol. The lowest BCUT2D eigenvalue weighted by Gasteiger charge is -2.19. The fraction of sp³-hybridized carbons (Fsp3) is 0.872. The number of carbonyl (C=O) groups excluding carboxylic acids is 1. The topological polar surface area (TPSA) is 69.6 Å². The largest absolute Gasteiger partial charge is 0.394 e. The molecule has 43 heavy (non-hydrogen) atoms. The minimum Gasteiger partial charge on any atom is -0.394 e.